The van der Waals surface area contributed by atoms with Gasteiger partial charge in [0.1, 0.15) is 0 Å². The van der Waals surface area contributed by atoms with Crippen LogP contribution in [0.2, 0.25) is 0 Å². The minimum atomic E-state index is -3.24. The summed E-state index contributed by atoms with van der Waals surface area (Å²) < 4.78 is 28.4. The molecule has 0 bridgehead atoms. The van der Waals surface area contributed by atoms with Crippen LogP contribution in [0.1, 0.15) is 23.1 Å². The molecule has 1 aliphatic rings. The van der Waals surface area contributed by atoms with Crippen molar-refractivity contribution >= 4 is 27.0 Å². The van der Waals surface area contributed by atoms with E-state index in [0.29, 0.717) is 18.6 Å². The molecule has 4 nitrogen and oxygen atoms in total. The van der Waals surface area contributed by atoms with Crippen LogP contribution in [0.4, 0.5) is 0 Å². The molecule has 0 aliphatic carbocycles. The number of hydrogen-bond acceptors (Lipinski definition) is 4. The molecule has 3 rings (SSSR count). The van der Waals surface area contributed by atoms with Crippen molar-refractivity contribution in [3.05, 3.63) is 65.2 Å². The first kappa shape index (κ1) is 16.5. The number of benzene rings is 2. The van der Waals surface area contributed by atoms with Crippen LogP contribution in [0.25, 0.3) is 11.1 Å². The lowest BCUT2D eigenvalue weighted by molar-refractivity contribution is -0.136. The van der Waals surface area contributed by atoms with Gasteiger partial charge in [-0.15, -0.1) is 0 Å². The summed E-state index contributed by atoms with van der Waals surface area (Å²) in [4.78, 5) is 12.6. The first-order chi connectivity index (χ1) is 11.4. The van der Waals surface area contributed by atoms with E-state index in [-0.39, 0.29) is 10.9 Å². The SMILES string of the molecule is Cc1ccc(C2=C(c3ccc(S(C)(=O)=O)cc3)CCOC2=O)cc1. The van der Waals surface area contributed by atoms with E-state index in [1.165, 1.54) is 6.26 Å². The number of sulfone groups is 1. The summed E-state index contributed by atoms with van der Waals surface area (Å²) in [6.45, 7) is 2.32. The first-order valence-corrected chi connectivity index (χ1v) is 9.53. The number of aryl methyl sites for hydroxylation is 1. The molecule has 0 saturated carbocycles. The molecule has 0 radical (unpaired) electrons. The third kappa shape index (κ3) is 3.26. The van der Waals surface area contributed by atoms with E-state index in [2.05, 4.69) is 0 Å². The molecule has 124 valence electrons. The Hall–Kier alpha value is -2.40. The highest BCUT2D eigenvalue weighted by molar-refractivity contribution is 7.90. The van der Waals surface area contributed by atoms with Crippen LogP contribution in [0.5, 0.6) is 0 Å². The Labute approximate surface area is 141 Å². The van der Waals surface area contributed by atoms with Crippen LogP contribution in [0.3, 0.4) is 0 Å². The van der Waals surface area contributed by atoms with Gasteiger partial charge in [-0.25, -0.2) is 13.2 Å². The van der Waals surface area contributed by atoms with Gasteiger partial charge in [0.25, 0.3) is 0 Å². The van der Waals surface area contributed by atoms with E-state index < -0.39 is 9.84 Å². The van der Waals surface area contributed by atoms with Gasteiger partial charge in [-0.1, -0.05) is 42.0 Å². The zero-order valence-electron chi connectivity index (χ0n) is 13.6. The van der Waals surface area contributed by atoms with Crippen molar-refractivity contribution in [3.8, 4) is 0 Å². The standard InChI is InChI=1S/C19H18O4S/c1-13-3-5-15(6-4-13)18-17(11-12-23-19(18)20)14-7-9-16(10-8-14)24(2,21)22/h3-10H,11-12H2,1-2H3. The second-order valence-corrected chi connectivity index (χ2v) is 7.92. The molecule has 0 unspecified atom stereocenters. The van der Waals surface area contributed by atoms with Gasteiger partial charge >= 0.3 is 5.97 Å². The van der Waals surface area contributed by atoms with Gasteiger partial charge in [0, 0.05) is 12.7 Å². The molecule has 1 aliphatic heterocycles. The molecule has 0 amide bonds. The van der Waals surface area contributed by atoms with Gasteiger partial charge in [-0.2, -0.15) is 0 Å². The van der Waals surface area contributed by atoms with Crippen LogP contribution in [0, 0.1) is 6.92 Å². The lowest BCUT2D eigenvalue weighted by Gasteiger charge is -2.21. The van der Waals surface area contributed by atoms with Crippen molar-refractivity contribution in [2.45, 2.75) is 18.2 Å². The summed E-state index contributed by atoms with van der Waals surface area (Å²) in [6, 6.07) is 14.4. The maximum Gasteiger partial charge on any atom is 0.339 e. The fraction of sp³-hybridized carbons (Fsp3) is 0.211. The maximum atomic E-state index is 12.3. The van der Waals surface area contributed by atoms with Crippen LogP contribution in [-0.2, 0) is 19.4 Å². The van der Waals surface area contributed by atoms with Crippen LogP contribution in [0.15, 0.2) is 53.4 Å². The van der Waals surface area contributed by atoms with Crippen LogP contribution in [-0.4, -0.2) is 27.2 Å². The fourth-order valence-corrected chi connectivity index (χ4v) is 3.40. The first-order valence-electron chi connectivity index (χ1n) is 7.64. The number of ether oxygens (including phenoxy) is 1. The Bertz CT molecular complexity index is 905. The van der Waals surface area contributed by atoms with Gasteiger partial charge in [-0.3, -0.25) is 0 Å². The van der Waals surface area contributed by atoms with Crippen molar-refractivity contribution < 1.29 is 17.9 Å². The molecule has 0 saturated heterocycles. The topological polar surface area (TPSA) is 60.4 Å². The average molecular weight is 342 g/mol. The smallest absolute Gasteiger partial charge is 0.339 e. The highest BCUT2D eigenvalue weighted by Gasteiger charge is 2.24. The van der Waals surface area contributed by atoms with Gasteiger partial charge < -0.3 is 4.74 Å². The van der Waals surface area contributed by atoms with Crippen LogP contribution < -0.4 is 0 Å². The van der Waals surface area contributed by atoms with E-state index in [1.54, 1.807) is 24.3 Å². The summed E-state index contributed by atoms with van der Waals surface area (Å²) >= 11 is 0. The van der Waals surface area contributed by atoms with Crippen molar-refractivity contribution in [1.82, 2.24) is 0 Å². The van der Waals surface area contributed by atoms with E-state index in [4.69, 9.17) is 4.74 Å². The van der Waals surface area contributed by atoms with Crippen molar-refractivity contribution in [2.24, 2.45) is 0 Å². The van der Waals surface area contributed by atoms with Crippen molar-refractivity contribution in [1.29, 1.82) is 0 Å². The zero-order chi connectivity index (χ0) is 17.3. The Kier molecular flexibility index (Phi) is 4.28. The quantitative estimate of drug-likeness (QED) is 0.803. The second-order valence-electron chi connectivity index (χ2n) is 5.90. The average Bonchev–Trinajstić information content (AvgIpc) is 2.55. The minimum absolute atomic E-state index is 0.266. The van der Waals surface area contributed by atoms with E-state index in [1.807, 2.05) is 31.2 Å². The van der Waals surface area contributed by atoms with Crippen LogP contribution >= 0.6 is 0 Å². The highest BCUT2D eigenvalue weighted by atomic mass is 32.2. The Morgan fingerprint density at radius 2 is 1.50 bits per heavy atom. The molecular weight excluding hydrogens is 324 g/mol. The van der Waals surface area contributed by atoms with Crippen molar-refractivity contribution in [2.75, 3.05) is 12.9 Å². The molecule has 24 heavy (non-hydrogen) atoms. The van der Waals surface area contributed by atoms with Gasteiger partial charge in [0.05, 0.1) is 17.1 Å². The van der Waals surface area contributed by atoms with Crippen molar-refractivity contribution in [3.63, 3.8) is 0 Å². The molecule has 0 atom stereocenters. The molecule has 0 fully saturated rings. The molecule has 0 spiro atoms. The van der Waals surface area contributed by atoms with Gasteiger partial charge in [-0.05, 0) is 35.8 Å². The number of carbonyl (C=O) groups excluding carboxylic acids is 1. The lowest BCUT2D eigenvalue weighted by atomic mass is 9.91. The molecule has 0 N–H and O–H groups in total. The lowest BCUT2D eigenvalue weighted by Crippen LogP contribution is -2.16. The molecule has 5 heteroatoms. The molecule has 0 aromatic heterocycles. The predicted octanol–water partition coefficient (Wildman–Crippen LogP) is 3.26. The van der Waals surface area contributed by atoms with Gasteiger partial charge in [0.15, 0.2) is 9.84 Å². The molecule has 1 heterocycles. The number of rotatable bonds is 3. The number of hydrogen-bond donors (Lipinski definition) is 0. The Balaban J connectivity index is 2.12. The predicted molar refractivity (Wildman–Crippen MR) is 93.1 cm³/mol. The zero-order valence-corrected chi connectivity index (χ0v) is 14.4. The Morgan fingerprint density at radius 1 is 0.917 bits per heavy atom. The number of esters is 1. The molecular formula is C19H18O4S. The second kappa shape index (κ2) is 6.24. The number of cyclic esters (lactones) is 1. The minimum Gasteiger partial charge on any atom is -0.462 e. The molecule has 2 aromatic carbocycles. The summed E-state index contributed by atoms with van der Waals surface area (Å²) in [6.07, 6.45) is 1.78. The summed E-state index contributed by atoms with van der Waals surface area (Å²) in [5.41, 5.74) is 4.20. The van der Waals surface area contributed by atoms with E-state index >= 15 is 0 Å². The van der Waals surface area contributed by atoms with Gasteiger partial charge in [0.2, 0.25) is 0 Å². The summed E-state index contributed by atoms with van der Waals surface area (Å²) in [7, 11) is -3.24. The molecule has 2 aromatic rings. The summed E-state index contributed by atoms with van der Waals surface area (Å²) in [5.74, 6) is -0.340. The summed E-state index contributed by atoms with van der Waals surface area (Å²) in [5, 5.41) is 0. The normalized spacial score (nSPS) is 15.3. The Morgan fingerprint density at radius 3 is 2.08 bits per heavy atom. The largest absolute Gasteiger partial charge is 0.462 e. The highest BCUT2D eigenvalue weighted by Crippen LogP contribution is 2.33. The number of carbonyl (C=O) groups is 1. The van der Waals surface area contributed by atoms with E-state index in [0.717, 1.165) is 22.3 Å². The third-order valence-corrected chi connectivity index (χ3v) is 5.19. The third-order valence-electron chi connectivity index (χ3n) is 4.06. The fourth-order valence-electron chi connectivity index (χ4n) is 2.77. The maximum absolute atomic E-state index is 12.3. The monoisotopic (exact) mass is 342 g/mol. The van der Waals surface area contributed by atoms with E-state index in [9.17, 15) is 13.2 Å².